The summed E-state index contributed by atoms with van der Waals surface area (Å²) in [5.74, 6) is -4.36. The summed E-state index contributed by atoms with van der Waals surface area (Å²) in [6.07, 6.45) is 0.964. The number of amides is 2. The minimum atomic E-state index is -1.11. The molecule has 0 aromatic heterocycles. The molecule has 0 N–H and O–H groups in total. The molecule has 4 aliphatic rings. The first kappa shape index (κ1) is 18.2. The highest BCUT2D eigenvalue weighted by atomic mass is 16.6. The average Bonchev–Trinajstić information content (AvgIpc) is 2.98. The number of ether oxygens (including phenoxy) is 3. The van der Waals surface area contributed by atoms with Gasteiger partial charge in [-0.3, -0.25) is 14.4 Å². The molecule has 28 heavy (non-hydrogen) atoms. The number of esters is 2. The molecule has 4 atom stereocenters. The number of methoxy groups -OCH3 is 1. The number of nitrogens with zero attached hydrogens (tertiary/aromatic N) is 1. The Morgan fingerprint density at radius 3 is 2.43 bits per heavy atom. The predicted octanol–water partition coefficient (Wildman–Crippen LogP) is 1.24. The van der Waals surface area contributed by atoms with Crippen molar-refractivity contribution in [2.24, 2.45) is 17.8 Å². The Hall–Kier alpha value is -3.16. The SMILES string of the molecule is CCCOC(=O)C1=C[C@@H]2C(=O)O[C@@H]1C1C(=O)N(c3ccc(OC)cc3)C(=O)C12. The van der Waals surface area contributed by atoms with Crippen LogP contribution in [0, 0.1) is 17.8 Å². The smallest absolute Gasteiger partial charge is 0.337 e. The molecule has 146 valence electrons. The number of carbonyl (C=O) groups excluding carboxylic acids is 4. The van der Waals surface area contributed by atoms with Gasteiger partial charge in [0, 0.05) is 0 Å². The van der Waals surface area contributed by atoms with Crippen molar-refractivity contribution in [3.05, 3.63) is 35.9 Å². The molecule has 3 aliphatic heterocycles. The molecule has 1 aromatic carbocycles. The second-order valence-electron chi connectivity index (χ2n) is 6.90. The van der Waals surface area contributed by atoms with Gasteiger partial charge in [0.15, 0.2) is 0 Å². The first-order valence-corrected chi connectivity index (χ1v) is 9.09. The summed E-state index contributed by atoms with van der Waals surface area (Å²) in [7, 11) is 1.52. The van der Waals surface area contributed by atoms with Gasteiger partial charge in [-0.2, -0.15) is 0 Å². The van der Waals surface area contributed by atoms with Crippen LogP contribution in [0.3, 0.4) is 0 Å². The van der Waals surface area contributed by atoms with E-state index in [1.807, 2.05) is 6.92 Å². The molecule has 8 heteroatoms. The van der Waals surface area contributed by atoms with E-state index in [9.17, 15) is 19.2 Å². The highest BCUT2D eigenvalue weighted by molar-refractivity contribution is 6.24. The lowest BCUT2D eigenvalue weighted by molar-refractivity contribution is -0.172. The minimum Gasteiger partial charge on any atom is -0.497 e. The van der Waals surface area contributed by atoms with Crippen molar-refractivity contribution < 1.29 is 33.4 Å². The number of imide groups is 1. The van der Waals surface area contributed by atoms with Crippen LogP contribution in [-0.2, 0) is 28.7 Å². The van der Waals surface area contributed by atoms with Gasteiger partial charge < -0.3 is 14.2 Å². The summed E-state index contributed by atoms with van der Waals surface area (Å²) in [6.45, 7) is 2.08. The Morgan fingerprint density at radius 2 is 1.79 bits per heavy atom. The van der Waals surface area contributed by atoms with Crippen molar-refractivity contribution >= 4 is 29.4 Å². The number of rotatable bonds is 5. The van der Waals surface area contributed by atoms with Crippen molar-refractivity contribution in [3.63, 3.8) is 0 Å². The van der Waals surface area contributed by atoms with Crippen LogP contribution >= 0.6 is 0 Å². The fourth-order valence-electron chi connectivity index (χ4n) is 4.00. The Morgan fingerprint density at radius 1 is 1.11 bits per heavy atom. The Kier molecular flexibility index (Phi) is 4.41. The van der Waals surface area contributed by atoms with Crippen LogP contribution in [0.1, 0.15) is 13.3 Å². The number of anilines is 1. The topological polar surface area (TPSA) is 99.2 Å². The van der Waals surface area contributed by atoms with Crippen LogP contribution < -0.4 is 9.64 Å². The van der Waals surface area contributed by atoms with Gasteiger partial charge in [-0.1, -0.05) is 13.0 Å². The van der Waals surface area contributed by atoms with E-state index in [1.165, 1.54) is 13.2 Å². The van der Waals surface area contributed by atoms with E-state index in [-0.39, 0.29) is 12.2 Å². The first-order valence-electron chi connectivity index (χ1n) is 9.09. The van der Waals surface area contributed by atoms with E-state index >= 15 is 0 Å². The predicted molar refractivity (Wildman–Crippen MR) is 95.2 cm³/mol. The molecule has 2 amide bonds. The molecule has 8 nitrogen and oxygen atoms in total. The van der Waals surface area contributed by atoms with Crippen molar-refractivity contribution in [1.29, 1.82) is 0 Å². The molecule has 0 radical (unpaired) electrons. The fraction of sp³-hybridized carbons (Fsp3) is 0.400. The number of carbonyl (C=O) groups is 4. The van der Waals surface area contributed by atoms with E-state index in [2.05, 4.69) is 0 Å². The van der Waals surface area contributed by atoms with Gasteiger partial charge in [-0.15, -0.1) is 0 Å². The summed E-state index contributed by atoms with van der Waals surface area (Å²) in [5.41, 5.74) is 0.518. The number of fused-ring (bicyclic) bond motifs is 1. The Balaban J connectivity index is 1.68. The normalized spacial score (nSPS) is 28.0. The monoisotopic (exact) mass is 385 g/mol. The standard InChI is InChI=1S/C20H19NO7/c1-3-8-27-19(24)13-9-12-14-15(16(13)28-20(12)25)18(23)21(17(14)22)10-4-6-11(26-2)7-5-10/h4-7,9,12,14-16H,3,8H2,1-2H3/t12-,14?,15?,16-/m0/s1. The highest BCUT2D eigenvalue weighted by Crippen LogP contribution is 2.48. The number of benzene rings is 1. The molecule has 0 saturated carbocycles. The highest BCUT2D eigenvalue weighted by Gasteiger charge is 2.64. The third kappa shape index (κ3) is 2.59. The van der Waals surface area contributed by atoms with Crippen molar-refractivity contribution in [1.82, 2.24) is 0 Å². The lowest BCUT2D eigenvalue weighted by Crippen LogP contribution is -2.52. The van der Waals surface area contributed by atoms with Crippen molar-refractivity contribution in [3.8, 4) is 5.75 Å². The third-order valence-corrected chi connectivity index (χ3v) is 5.30. The molecule has 2 bridgehead atoms. The van der Waals surface area contributed by atoms with Crippen LogP contribution in [0.4, 0.5) is 5.69 Å². The summed E-state index contributed by atoms with van der Waals surface area (Å²) >= 11 is 0. The van der Waals surface area contributed by atoms with Crippen LogP contribution in [0.5, 0.6) is 5.75 Å². The molecule has 2 fully saturated rings. The third-order valence-electron chi connectivity index (χ3n) is 5.30. The summed E-state index contributed by atoms with van der Waals surface area (Å²) < 4.78 is 15.6. The molecule has 3 heterocycles. The summed E-state index contributed by atoms with van der Waals surface area (Å²) in [4.78, 5) is 51.7. The molecule has 2 saturated heterocycles. The van der Waals surface area contributed by atoms with Crippen molar-refractivity contribution in [2.45, 2.75) is 19.4 Å². The van der Waals surface area contributed by atoms with E-state index < -0.39 is 47.6 Å². The van der Waals surface area contributed by atoms with Gasteiger partial charge in [-0.05, 0) is 30.7 Å². The maximum Gasteiger partial charge on any atom is 0.337 e. The van der Waals surface area contributed by atoms with Gasteiger partial charge in [-0.25, -0.2) is 9.69 Å². The Labute approximate surface area is 161 Å². The van der Waals surface area contributed by atoms with Crippen LogP contribution in [0.2, 0.25) is 0 Å². The summed E-state index contributed by atoms with van der Waals surface area (Å²) in [6, 6.07) is 6.47. The van der Waals surface area contributed by atoms with Crippen LogP contribution in [-0.4, -0.2) is 43.6 Å². The van der Waals surface area contributed by atoms with E-state index in [0.717, 1.165) is 4.90 Å². The lowest BCUT2D eigenvalue weighted by atomic mass is 9.70. The minimum absolute atomic E-state index is 0.136. The van der Waals surface area contributed by atoms with E-state index in [4.69, 9.17) is 14.2 Å². The molecule has 1 aliphatic carbocycles. The van der Waals surface area contributed by atoms with E-state index in [0.29, 0.717) is 17.9 Å². The second kappa shape index (κ2) is 6.78. The largest absolute Gasteiger partial charge is 0.497 e. The van der Waals surface area contributed by atoms with Gasteiger partial charge in [0.1, 0.15) is 11.9 Å². The molecule has 5 rings (SSSR count). The average molecular weight is 385 g/mol. The second-order valence-corrected chi connectivity index (χ2v) is 6.90. The summed E-state index contributed by atoms with van der Waals surface area (Å²) in [5, 5.41) is 0. The van der Waals surface area contributed by atoms with Gasteiger partial charge in [0.25, 0.3) is 0 Å². The maximum atomic E-state index is 13.1. The molecular formula is C20H19NO7. The lowest BCUT2D eigenvalue weighted by Gasteiger charge is -2.39. The van der Waals surface area contributed by atoms with Crippen LogP contribution in [0.25, 0.3) is 0 Å². The number of hydrogen-bond acceptors (Lipinski definition) is 7. The first-order chi connectivity index (χ1) is 13.5. The quantitative estimate of drug-likeness (QED) is 0.555. The van der Waals surface area contributed by atoms with Crippen molar-refractivity contribution in [2.75, 3.05) is 18.6 Å². The zero-order valence-corrected chi connectivity index (χ0v) is 15.4. The molecular weight excluding hydrogens is 366 g/mol. The van der Waals surface area contributed by atoms with Crippen LogP contribution in [0.15, 0.2) is 35.9 Å². The molecule has 2 unspecified atom stereocenters. The molecule has 1 aromatic rings. The number of hydrogen-bond donors (Lipinski definition) is 0. The van der Waals surface area contributed by atoms with Gasteiger partial charge >= 0.3 is 11.9 Å². The maximum absolute atomic E-state index is 13.1. The van der Waals surface area contributed by atoms with Gasteiger partial charge in [0.05, 0.1) is 42.7 Å². The molecule has 0 spiro atoms. The fourth-order valence-corrected chi connectivity index (χ4v) is 4.00. The van der Waals surface area contributed by atoms with E-state index in [1.54, 1.807) is 24.3 Å². The zero-order chi connectivity index (χ0) is 20.0. The zero-order valence-electron chi connectivity index (χ0n) is 15.4. The van der Waals surface area contributed by atoms with Gasteiger partial charge in [0.2, 0.25) is 11.8 Å². The Bertz CT molecular complexity index is 888.